The zero-order chi connectivity index (χ0) is 12.1. The van der Waals surface area contributed by atoms with Crippen molar-refractivity contribution in [2.45, 2.75) is 53.0 Å². The van der Waals surface area contributed by atoms with Gasteiger partial charge in [0.2, 0.25) is 0 Å². The third-order valence-corrected chi connectivity index (χ3v) is 4.56. The Morgan fingerprint density at radius 3 is 2.13 bits per heavy atom. The van der Waals surface area contributed by atoms with E-state index in [1.54, 1.807) is 6.92 Å². The Labute approximate surface area is 94.4 Å². The molecule has 0 aliphatic heterocycles. The SMILES string of the molecule is CCS(=O)(=O)CCCCC(N)C(C)(C)C. The Bertz CT molecular complexity index is 265. The fourth-order valence-corrected chi connectivity index (χ4v) is 2.20. The molecule has 0 amide bonds. The second kappa shape index (κ2) is 5.85. The van der Waals surface area contributed by atoms with Gasteiger partial charge in [0, 0.05) is 11.8 Å². The van der Waals surface area contributed by atoms with Crippen molar-refractivity contribution in [2.24, 2.45) is 11.1 Å². The number of sulfone groups is 1. The van der Waals surface area contributed by atoms with Crippen LogP contribution in [0.5, 0.6) is 0 Å². The van der Waals surface area contributed by atoms with Crippen molar-refractivity contribution in [3.63, 3.8) is 0 Å². The largest absolute Gasteiger partial charge is 0.327 e. The summed E-state index contributed by atoms with van der Waals surface area (Å²) in [6, 6.07) is 0.154. The normalized spacial score (nSPS) is 15.3. The highest BCUT2D eigenvalue weighted by Crippen LogP contribution is 2.21. The quantitative estimate of drug-likeness (QED) is 0.716. The van der Waals surface area contributed by atoms with Gasteiger partial charge in [0.15, 0.2) is 0 Å². The summed E-state index contributed by atoms with van der Waals surface area (Å²) in [6.45, 7) is 8.03. The van der Waals surface area contributed by atoms with Crippen LogP contribution in [0.4, 0.5) is 0 Å². The first-order valence-electron chi connectivity index (χ1n) is 5.65. The molecular formula is C11H25NO2S. The Balaban J connectivity index is 3.74. The summed E-state index contributed by atoms with van der Waals surface area (Å²) >= 11 is 0. The van der Waals surface area contributed by atoms with E-state index in [1.165, 1.54) is 0 Å². The molecule has 0 rings (SSSR count). The summed E-state index contributed by atoms with van der Waals surface area (Å²) in [7, 11) is -2.79. The van der Waals surface area contributed by atoms with Gasteiger partial charge in [-0.2, -0.15) is 0 Å². The van der Waals surface area contributed by atoms with E-state index in [0.717, 1.165) is 19.3 Å². The van der Waals surface area contributed by atoms with Crippen LogP contribution < -0.4 is 5.73 Å². The summed E-state index contributed by atoms with van der Waals surface area (Å²) in [4.78, 5) is 0. The van der Waals surface area contributed by atoms with E-state index in [0.29, 0.717) is 5.75 Å². The van der Waals surface area contributed by atoms with Gasteiger partial charge >= 0.3 is 0 Å². The third kappa shape index (κ3) is 6.90. The lowest BCUT2D eigenvalue weighted by Gasteiger charge is -2.26. The van der Waals surface area contributed by atoms with Crippen molar-refractivity contribution < 1.29 is 8.42 Å². The van der Waals surface area contributed by atoms with Gasteiger partial charge in [0.1, 0.15) is 9.84 Å². The number of unbranched alkanes of at least 4 members (excludes halogenated alkanes) is 1. The van der Waals surface area contributed by atoms with Crippen LogP contribution >= 0.6 is 0 Å². The van der Waals surface area contributed by atoms with Gasteiger partial charge in [-0.05, 0) is 18.3 Å². The molecule has 0 aromatic carbocycles. The van der Waals surface area contributed by atoms with Crippen LogP contribution in [0, 0.1) is 5.41 Å². The van der Waals surface area contributed by atoms with Gasteiger partial charge in [-0.25, -0.2) is 8.42 Å². The molecule has 0 radical (unpaired) electrons. The molecule has 2 N–H and O–H groups in total. The summed E-state index contributed by atoms with van der Waals surface area (Å²) in [5, 5.41) is 0. The predicted octanol–water partition coefficient (Wildman–Crippen LogP) is 1.96. The standard InChI is InChI=1S/C11H25NO2S/c1-5-15(13,14)9-7-6-8-10(12)11(2,3)4/h10H,5-9,12H2,1-4H3. The Kier molecular flexibility index (Phi) is 5.81. The predicted molar refractivity (Wildman–Crippen MR) is 65.6 cm³/mol. The molecule has 0 saturated carbocycles. The van der Waals surface area contributed by atoms with Crippen LogP contribution in [0.1, 0.15) is 47.0 Å². The molecule has 0 fully saturated rings. The minimum Gasteiger partial charge on any atom is -0.327 e. The first-order chi connectivity index (χ1) is 6.69. The van der Waals surface area contributed by atoms with Crippen molar-refractivity contribution in [1.82, 2.24) is 0 Å². The molecule has 0 heterocycles. The molecule has 0 aromatic rings. The molecule has 0 aliphatic carbocycles. The van der Waals surface area contributed by atoms with E-state index in [9.17, 15) is 8.42 Å². The number of rotatable bonds is 6. The fraction of sp³-hybridized carbons (Fsp3) is 1.00. The Morgan fingerprint density at radius 2 is 1.73 bits per heavy atom. The molecule has 3 nitrogen and oxygen atoms in total. The van der Waals surface area contributed by atoms with E-state index in [1.807, 2.05) is 0 Å². The van der Waals surface area contributed by atoms with Crippen LogP contribution in [-0.2, 0) is 9.84 Å². The van der Waals surface area contributed by atoms with Crippen molar-refractivity contribution in [3.8, 4) is 0 Å². The number of hydrogen-bond donors (Lipinski definition) is 1. The second-order valence-corrected chi connectivity index (χ2v) is 7.68. The smallest absolute Gasteiger partial charge is 0.150 e. The van der Waals surface area contributed by atoms with E-state index in [4.69, 9.17) is 5.73 Å². The minimum absolute atomic E-state index is 0.115. The van der Waals surface area contributed by atoms with Crippen molar-refractivity contribution >= 4 is 9.84 Å². The van der Waals surface area contributed by atoms with Crippen LogP contribution in [0.15, 0.2) is 0 Å². The third-order valence-electron chi connectivity index (χ3n) is 2.77. The van der Waals surface area contributed by atoms with E-state index in [2.05, 4.69) is 20.8 Å². The first kappa shape index (κ1) is 14.9. The topological polar surface area (TPSA) is 60.2 Å². The van der Waals surface area contributed by atoms with E-state index >= 15 is 0 Å². The van der Waals surface area contributed by atoms with Crippen molar-refractivity contribution in [1.29, 1.82) is 0 Å². The minimum atomic E-state index is -2.79. The first-order valence-corrected chi connectivity index (χ1v) is 7.47. The summed E-state index contributed by atoms with van der Waals surface area (Å²) < 4.78 is 22.4. The van der Waals surface area contributed by atoms with Crippen LogP contribution in [0.2, 0.25) is 0 Å². The van der Waals surface area contributed by atoms with Crippen LogP contribution in [0.3, 0.4) is 0 Å². The van der Waals surface area contributed by atoms with E-state index in [-0.39, 0.29) is 17.2 Å². The van der Waals surface area contributed by atoms with Gasteiger partial charge in [0.25, 0.3) is 0 Å². The van der Waals surface area contributed by atoms with Crippen LogP contribution in [-0.4, -0.2) is 26.0 Å². The summed E-state index contributed by atoms with van der Waals surface area (Å²) in [5.41, 5.74) is 6.10. The summed E-state index contributed by atoms with van der Waals surface area (Å²) in [5.74, 6) is 0.554. The number of nitrogens with two attached hydrogens (primary N) is 1. The Morgan fingerprint density at radius 1 is 1.20 bits per heavy atom. The lowest BCUT2D eigenvalue weighted by Crippen LogP contribution is -2.34. The number of hydrogen-bond acceptors (Lipinski definition) is 3. The maximum atomic E-state index is 11.2. The molecule has 0 saturated heterocycles. The second-order valence-electron chi connectivity index (χ2n) is 5.20. The van der Waals surface area contributed by atoms with Crippen molar-refractivity contribution in [3.05, 3.63) is 0 Å². The lowest BCUT2D eigenvalue weighted by molar-refractivity contribution is 0.300. The van der Waals surface area contributed by atoms with Gasteiger partial charge in [0.05, 0.1) is 5.75 Å². The molecule has 92 valence electrons. The van der Waals surface area contributed by atoms with Crippen molar-refractivity contribution in [2.75, 3.05) is 11.5 Å². The van der Waals surface area contributed by atoms with Crippen LogP contribution in [0.25, 0.3) is 0 Å². The molecule has 1 unspecified atom stereocenters. The molecule has 0 spiro atoms. The van der Waals surface area contributed by atoms with Gasteiger partial charge < -0.3 is 5.73 Å². The summed E-state index contributed by atoms with van der Waals surface area (Å²) in [6.07, 6.45) is 2.54. The molecule has 1 atom stereocenters. The van der Waals surface area contributed by atoms with E-state index < -0.39 is 9.84 Å². The molecule has 0 bridgehead atoms. The molecule has 0 aromatic heterocycles. The maximum absolute atomic E-state index is 11.2. The fourth-order valence-electron chi connectivity index (χ4n) is 1.26. The highest BCUT2D eigenvalue weighted by atomic mass is 32.2. The zero-order valence-electron chi connectivity index (χ0n) is 10.4. The zero-order valence-corrected chi connectivity index (χ0v) is 11.2. The monoisotopic (exact) mass is 235 g/mol. The average molecular weight is 235 g/mol. The molecular weight excluding hydrogens is 210 g/mol. The Hall–Kier alpha value is -0.0900. The average Bonchev–Trinajstić information content (AvgIpc) is 2.10. The highest BCUT2D eigenvalue weighted by Gasteiger charge is 2.19. The molecule has 15 heavy (non-hydrogen) atoms. The van der Waals surface area contributed by atoms with Gasteiger partial charge in [-0.1, -0.05) is 34.1 Å². The molecule has 4 heteroatoms. The lowest BCUT2D eigenvalue weighted by atomic mass is 9.84. The molecule has 0 aliphatic rings. The highest BCUT2D eigenvalue weighted by molar-refractivity contribution is 7.91. The van der Waals surface area contributed by atoms with Gasteiger partial charge in [-0.15, -0.1) is 0 Å². The maximum Gasteiger partial charge on any atom is 0.150 e. The van der Waals surface area contributed by atoms with Gasteiger partial charge in [-0.3, -0.25) is 0 Å².